The van der Waals surface area contributed by atoms with Crippen LogP contribution < -0.4 is 0 Å². The quantitative estimate of drug-likeness (QED) is 0.460. The lowest BCUT2D eigenvalue weighted by Gasteiger charge is -2.20. The Morgan fingerprint density at radius 1 is 1.20 bits per heavy atom. The predicted octanol–water partition coefficient (Wildman–Crippen LogP) is 2.52. The van der Waals surface area contributed by atoms with Crippen LogP contribution in [-0.4, -0.2) is 24.3 Å². The minimum absolute atomic E-state index is 0.00452. The van der Waals surface area contributed by atoms with Crippen molar-refractivity contribution in [1.29, 1.82) is 0 Å². The van der Waals surface area contributed by atoms with E-state index in [1.807, 2.05) is 0 Å². The fourth-order valence-corrected chi connectivity index (χ4v) is 1.17. The summed E-state index contributed by atoms with van der Waals surface area (Å²) in [6.45, 7) is 5.47. The topological polar surface area (TPSA) is 43.4 Å². The molecule has 0 fully saturated rings. The third-order valence-electron chi connectivity index (χ3n) is 2.60. The highest BCUT2D eigenvalue weighted by Crippen LogP contribution is 2.13. The van der Waals surface area contributed by atoms with Crippen molar-refractivity contribution < 1.29 is 14.3 Å². The van der Waals surface area contributed by atoms with E-state index in [0.717, 1.165) is 19.3 Å². The van der Waals surface area contributed by atoms with Gasteiger partial charge in [0.2, 0.25) is 0 Å². The Morgan fingerprint density at radius 2 is 1.80 bits per heavy atom. The first kappa shape index (κ1) is 14.3. The van der Waals surface area contributed by atoms with Gasteiger partial charge < -0.3 is 4.74 Å². The van der Waals surface area contributed by atoms with Gasteiger partial charge in [-0.25, -0.2) is 0 Å². The molecule has 3 heteroatoms. The van der Waals surface area contributed by atoms with Gasteiger partial charge in [0, 0.05) is 13.5 Å². The molecule has 0 aromatic heterocycles. The van der Waals surface area contributed by atoms with Gasteiger partial charge in [-0.2, -0.15) is 0 Å². The first-order valence-electron chi connectivity index (χ1n) is 5.54. The van der Waals surface area contributed by atoms with Crippen molar-refractivity contribution in [1.82, 2.24) is 0 Å². The number of ether oxygens (including phenoxy) is 1. The minimum Gasteiger partial charge on any atom is -0.371 e. The van der Waals surface area contributed by atoms with E-state index in [0.29, 0.717) is 6.42 Å². The van der Waals surface area contributed by atoms with E-state index in [-0.39, 0.29) is 18.0 Å². The van der Waals surface area contributed by atoms with Crippen LogP contribution in [0.25, 0.3) is 0 Å². The smallest absolute Gasteiger partial charge is 0.171 e. The maximum atomic E-state index is 11.6. The zero-order valence-corrected chi connectivity index (χ0v) is 10.3. The van der Waals surface area contributed by atoms with E-state index in [1.54, 1.807) is 13.8 Å². The van der Waals surface area contributed by atoms with E-state index >= 15 is 0 Å². The lowest BCUT2D eigenvalue weighted by atomic mass is 9.97. The standard InChI is InChI=1S/C12H22O3/c1-5-6-7-8-10(13)9-11(14)12(2,3)15-4/h5-9H2,1-4H3. The number of hydrogen-bond acceptors (Lipinski definition) is 3. The first-order valence-corrected chi connectivity index (χ1v) is 5.54. The van der Waals surface area contributed by atoms with Crippen LogP contribution in [0.2, 0.25) is 0 Å². The normalized spacial score (nSPS) is 11.5. The summed E-state index contributed by atoms with van der Waals surface area (Å²) >= 11 is 0. The Hall–Kier alpha value is -0.700. The molecule has 0 radical (unpaired) electrons. The second-order valence-electron chi connectivity index (χ2n) is 4.31. The lowest BCUT2D eigenvalue weighted by Crippen LogP contribution is -2.35. The molecule has 0 aliphatic heterocycles. The second-order valence-corrected chi connectivity index (χ2v) is 4.31. The Balaban J connectivity index is 3.92. The highest BCUT2D eigenvalue weighted by atomic mass is 16.5. The Kier molecular flexibility index (Phi) is 6.41. The Morgan fingerprint density at radius 3 is 2.27 bits per heavy atom. The summed E-state index contributed by atoms with van der Waals surface area (Å²) < 4.78 is 5.02. The maximum Gasteiger partial charge on any atom is 0.171 e. The molecule has 0 N–H and O–H groups in total. The fraction of sp³-hybridized carbons (Fsp3) is 0.833. The number of carbonyl (C=O) groups is 2. The summed E-state index contributed by atoms with van der Waals surface area (Å²) in [6.07, 6.45) is 3.54. The van der Waals surface area contributed by atoms with Crippen molar-refractivity contribution in [3.63, 3.8) is 0 Å². The summed E-state index contributed by atoms with van der Waals surface area (Å²) in [5.74, 6) is -0.106. The zero-order chi connectivity index (χ0) is 11.9. The van der Waals surface area contributed by atoms with E-state index in [2.05, 4.69) is 6.92 Å². The molecule has 0 bridgehead atoms. The molecule has 88 valence electrons. The first-order chi connectivity index (χ1) is 6.94. The number of rotatable bonds is 8. The van der Waals surface area contributed by atoms with Crippen LogP contribution in [0, 0.1) is 0 Å². The van der Waals surface area contributed by atoms with Gasteiger partial charge in [-0.05, 0) is 20.3 Å². The molecule has 0 saturated carbocycles. The highest BCUT2D eigenvalue weighted by Gasteiger charge is 2.28. The van der Waals surface area contributed by atoms with Crippen LogP contribution in [0.5, 0.6) is 0 Å². The third-order valence-corrected chi connectivity index (χ3v) is 2.60. The van der Waals surface area contributed by atoms with E-state index in [9.17, 15) is 9.59 Å². The van der Waals surface area contributed by atoms with E-state index in [1.165, 1.54) is 7.11 Å². The lowest BCUT2D eigenvalue weighted by molar-refractivity contribution is -0.140. The van der Waals surface area contributed by atoms with Crippen LogP contribution in [0.4, 0.5) is 0 Å². The number of unbranched alkanes of at least 4 members (excludes halogenated alkanes) is 2. The number of methoxy groups -OCH3 is 1. The molecule has 0 aromatic carbocycles. The van der Waals surface area contributed by atoms with Gasteiger partial charge in [0.25, 0.3) is 0 Å². The Bertz CT molecular complexity index is 219. The third kappa shape index (κ3) is 5.67. The molecule has 15 heavy (non-hydrogen) atoms. The van der Waals surface area contributed by atoms with Gasteiger partial charge in [0.05, 0.1) is 6.42 Å². The summed E-state index contributed by atoms with van der Waals surface area (Å²) in [5.41, 5.74) is -0.833. The molecule has 0 unspecified atom stereocenters. The van der Waals surface area contributed by atoms with Gasteiger partial charge in [0.1, 0.15) is 11.4 Å². The zero-order valence-electron chi connectivity index (χ0n) is 10.3. The number of carbonyl (C=O) groups excluding carboxylic acids is 2. The molecule has 3 nitrogen and oxygen atoms in total. The number of hydrogen-bond donors (Lipinski definition) is 0. The maximum absolute atomic E-state index is 11.6. The van der Waals surface area contributed by atoms with Gasteiger partial charge in [0.15, 0.2) is 5.78 Å². The van der Waals surface area contributed by atoms with Crippen molar-refractivity contribution in [2.24, 2.45) is 0 Å². The van der Waals surface area contributed by atoms with Crippen LogP contribution in [0.3, 0.4) is 0 Å². The van der Waals surface area contributed by atoms with Gasteiger partial charge in [-0.1, -0.05) is 19.8 Å². The monoisotopic (exact) mass is 214 g/mol. The molecule has 0 aromatic rings. The van der Waals surface area contributed by atoms with Gasteiger partial charge >= 0.3 is 0 Å². The SMILES string of the molecule is CCCCCC(=O)CC(=O)C(C)(C)OC. The molecule has 0 amide bonds. The van der Waals surface area contributed by atoms with Crippen molar-refractivity contribution in [3.8, 4) is 0 Å². The predicted molar refractivity (Wildman–Crippen MR) is 59.9 cm³/mol. The molecule has 0 aliphatic carbocycles. The van der Waals surface area contributed by atoms with E-state index < -0.39 is 5.60 Å². The summed E-state index contributed by atoms with van der Waals surface area (Å²) in [6, 6.07) is 0. The fourth-order valence-electron chi connectivity index (χ4n) is 1.17. The molecular formula is C12H22O3. The number of Topliss-reactive ketones (excluding diaryl/α,β-unsaturated/α-hetero) is 2. The van der Waals surface area contributed by atoms with Crippen molar-refractivity contribution >= 4 is 11.6 Å². The molecule has 0 saturated heterocycles. The molecule has 0 heterocycles. The van der Waals surface area contributed by atoms with Gasteiger partial charge in [-0.15, -0.1) is 0 Å². The number of ketones is 2. The van der Waals surface area contributed by atoms with Crippen LogP contribution in [-0.2, 0) is 14.3 Å². The van der Waals surface area contributed by atoms with Crippen LogP contribution >= 0.6 is 0 Å². The van der Waals surface area contributed by atoms with Crippen molar-refractivity contribution in [3.05, 3.63) is 0 Å². The summed E-state index contributed by atoms with van der Waals surface area (Å²) in [4.78, 5) is 23.0. The summed E-state index contributed by atoms with van der Waals surface area (Å²) in [5, 5.41) is 0. The average Bonchev–Trinajstić information content (AvgIpc) is 2.18. The molecule has 0 aliphatic rings. The molecular weight excluding hydrogens is 192 g/mol. The van der Waals surface area contributed by atoms with E-state index in [4.69, 9.17) is 4.74 Å². The van der Waals surface area contributed by atoms with Gasteiger partial charge in [-0.3, -0.25) is 9.59 Å². The minimum atomic E-state index is -0.833. The Labute approximate surface area is 92.2 Å². The second kappa shape index (κ2) is 6.72. The largest absolute Gasteiger partial charge is 0.371 e. The van der Waals surface area contributed by atoms with Crippen LogP contribution in [0.15, 0.2) is 0 Å². The molecule has 0 rings (SSSR count). The molecule has 0 atom stereocenters. The highest BCUT2D eigenvalue weighted by molar-refractivity contribution is 6.02. The van der Waals surface area contributed by atoms with Crippen molar-refractivity contribution in [2.75, 3.05) is 7.11 Å². The van der Waals surface area contributed by atoms with Crippen molar-refractivity contribution in [2.45, 2.75) is 58.5 Å². The summed E-state index contributed by atoms with van der Waals surface area (Å²) in [7, 11) is 1.49. The van der Waals surface area contributed by atoms with Crippen LogP contribution in [0.1, 0.15) is 52.9 Å². The molecule has 0 spiro atoms. The average molecular weight is 214 g/mol.